The molecule has 0 fully saturated rings. The van der Waals surface area contributed by atoms with E-state index in [0.29, 0.717) is 12.5 Å². The zero-order valence-electron chi connectivity index (χ0n) is 28.5. The molecule has 1 atom stereocenters. The van der Waals surface area contributed by atoms with Crippen LogP contribution >= 0.6 is 8.25 Å². The van der Waals surface area contributed by atoms with Crippen LogP contribution in [0.15, 0.2) is 36.4 Å². The topological polar surface area (TPSA) is 47.6 Å². The van der Waals surface area contributed by atoms with Gasteiger partial charge in [0.1, 0.15) is 6.61 Å². The molecule has 1 unspecified atom stereocenters. The minimum absolute atomic E-state index is 0.451. The van der Waals surface area contributed by atoms with Gasteiger partial charge in [-0.25, -0.2) is 4.52 Å². The molecule has 43 heavy (non-hydrogen) atoms. The number of hydrogen-bond donors (Lipinski definition) is 1. The van der Waals surface area contributed by atoms with Crippen molar-refractivity contribution in [1.29, 1.82) is 0 Å². The summed E-state index contributed by atoms with van der Waals surface area (Å²) in [6.45, 7) is 2.79. The maximum atomic E-state index is 11.9. The van der Waals surface area contributed by atoms with Crippen molar-refractivity contribution in [3.8, 4) is 0 Å². The SMILES string of the molecule is CCCCCCCCCCCCCCCCCCCCCCCCCCCCCCCCO[P+](=O)OC1=CC=CC=CN1. The third kappa shape index (κ3) is 30.7. The normalized spacial score (nSPS) is 13.1. The summed E-state index contributed by atoms with van der Waals surface area (Å²) in [5.74, 6) is 0.451. The molecule has 0 saturated carbocycles. The van der Waals surface area contributed by atoms with Gasteiger partial charge >= 0.3 is 8.25 Å². The molecule has 4 nitrogen and oxygen atoms in total. The first kappa shape index (κ1) is 39.9. The van der Waals surface area contributed by atoms with E-state index in [1.165, 1.54) is 180 Å². The average molecular weight is 621 g/mol. The Hall–Kier alpha value is -1.12. The second-order valence-electron chi connectivity index (χ2n) is 12.8. The van der Waals surface area contributed by atoms with E-state index in [1.807, 2.05) is 18.2 Å². The molecule has 1 N–H and O–H groups in total. The summed E-state index contributed by atoms with van der Waals surface area (Å²) in [6, 6.07) is 0. The Kier molecular flexibility index (Phi) is 31.3. The van der Waals surface area contributed by atoms with Gasteiger partial charge in [0.25, 0.3) is 5.88 Å². The van der Waals surface area contributed by atoms with Crippen LogP contribution in [0.4, 0.5) is 0 Å². The molecule has 1 heterocycles. The molecule has 0 bridgehead atoms. The largest absolute Gasteiger partial charge is 0.751 e. The third-order valence-corrected chi connectivity index (χ3v) is 9.40. The molecule has 5 heteroatoms. The van der Waals surface area contributed by atoms with Crippen molar-refractivity contribution >= 4 is 8.25 Å². The molecule has 250 valence electrons. The van der Waals surface area contributed by atoms with Crippen LogP contribution in [0, 0.1) is 0 Å². The van der Waals surface area contributed by atoms with Crippen molar-refractivity contribution in [2.24, 2.45) is 0 Å². The summed E-state index contributed by atoms with van der Waals surface area (Å²) in [7, 11) is -2.12. The second kappa shape index (κ2) is 33.8. The fraction of sp³-hybridized carbons (Fsp3) is 0.842. The van der Waals surface area contributed by atoms with Crippen LogP contribution in [0.25, 0.3) is 0 Å². The highest BCUT2D eigenvalue weighted by atomic mass is 31.1. The average Bonchev–Trinajstić information content (AvgIpc) is 3.28. The Morgan fingerprint density at radius 2 is 0.837 bits per heavy atom. The van der Waals surface area contributed by atoms with Gasteiger partial charge in [-0.3, -0.25) is 0 Å². The van der Waals surface area contributed by atoms with Crippen molar-refractivity contribution in [1.82, 2.24) is 5.32 Å². The Balaban J connectivity index is 1.66. The van der Waals surface area contributed by atoms with Gasteiger partial charge in [-0.15, -0.1) is 4.52 Å². The molecule has 0 spiro atoms. The molecular weight excluding hydrogens is 549 g/mol. The number of allylic oxidation sites excluding steroid dienone is 4. The standard InChI is InChI=1S/C38H71NO3P/c1-2-3-4-5-6-7-8-9-10-11-12-13-14-15-16-17-18-19-20-21-22-23-24-25-26-27-28-29-30-34-37-41-43(40)42-38-35-32-31-33-36-39-38/h31-33,35-36,39H,2-30,34,37H2,1H3/q+1. The molecular formula is C38H71NO3P+. The van der Waals surface area contributed by atoms with E-state index in [0.717, 1.165) is 12.8 Å². The molecule has 1 aliphatic heterocycles. The van der Waals surface area contributed by atoms with E-state index in [1.54, 1.807) is 12.3 Å². The number of hydrogen-bond acceptors (Lipinski definition) is 4. The fourth-order valence-electron chi connectivity index (χ4n) is 5.87. The van der Waals surface area contributed by atoms with Crippen LogP contribution < -0.4 is 5.32 Å². The van der Waals surface area contributed by atoms with Gasteiger partial charge in [-0.2, -0.15) is 0 Å². The smallest absolute Gasteiger partial charge is 0.328 e. The quantitative estimate of drug-likeness (QED) is 0.0574. The molecule has 0 aromatic rings. The van der Waals surface area contributed by atoms with Crippen LogP contribution in [0.2, 0.25) is 0 Å². The summed E-state index contributed by atoms with van der Waals surface area (Å²) in [4.78, 5) is 0. The number of nitrogens with one attached hydrogen (secondary N) is 1. The minimum Gasteiger partial charge on any atom is -0.328 e. The summed E-state index contributed by atoms with van der Waals surface area (Å²) in [6.07, 6.45) is 51.3. The van der Waals surface area contributed by atoms with Gasteiger partial charge in [-0.1, -0.05) is 205 Å². The minimum atomic E-state index is -2.12. The molecule has 0 amide bonds. The lowest BCUT2D eigenvalue weighted by Gasteiger charge is -2.04. The molecule has 0 aromatic heterocycles. The lowest BCUT2D eigenvalue weighted by atomic mass is 10.0. The lowest BCUT2D eigenvalue weighted by molar-refractivity contribution is 0.249. The van der Waals surface area contributed by atoms with Crippen molar-refractivity contribution in [2.45, 2.75) is 200 Å². The summed E-state index contributed by atoms with van der Waals surface area (Å²) < 4.78 is 22.4. The summed E-state index contributed by atoms with van der Waals surface area (Å²) in [5, 5.41) is 2.92. The zero-order valence-corrected chi connectivity index (χ0v) is 29.4. The number of rotatable bonds is 34. The van der Waals surface area contributed by atoms with Crippen molar-refractivity contribution in [3.05, 3.63) is 36.4 Å². The Bertz CT molecular complexity index is 691. The summed E-state index contributed by atoms with van der Waals surface area (Å²) in [5.41, 5.74) is 0. The highest BCUT2D eigenvalue weighted by Crippen LogP contribution is 2.27. The first-order valence-corrected chi connectivity index (χ1v) is 20.0. The van der Waals surface area contributed by atoms with Crippen molar-refractivity contribution < 1.29 is 13.6 Å². The first-order valence-electron chi connectivity index (χ1n) is 18.9. The highest BCUT2D eigenvalue weighted by molar-refractivity contribution is 7.33. The first-order chi connectivity index (χ1) is 21.3. The van der Waals surface area contributed by atoms with Crippen LogP contribution in [0.1, 0.15) is 200 Å². The van der Waals surface area contributed by atoms with Crippen LogP contribution in [-0.4, -0.2) is 6.61 Å². The van der Waals surface area contributed by atoms with E-state index < -0.39 is 8.25 Å². The molecule has 0 radical (unpaired) electrons. The van der Waals surface area contributed by atoms with Gasteiger partial charge in [0, 0.05) is 16.8 Å². The van der Waals surface area contributed by atoms with Crippen molar-refractivity contribution in [3.63, 3.8) is 0 Å². The van der Waals surface area contributed by atoms with Crippen LogP contribution in [0.3, 0.4) is 0 Å². The lowest BCUT2D eigenvalue weighted by Crippen LogP contribution is -2.05. The van der Waals surface area contributed by atoms with Crippen LogP contribution in [0.5, 0.6) is 0 Å². The fourth-order valence-corrected chi connectivity index (χ4v) is 6.47. The van der Waals surface area contributed by atoms with Gasteiger partial charge in [0.05, 0.1) is 0 Å². The van der Waals surface area contributed by atoms with Gasteiger partial charge < -0.3 is 5.32 Å². The van der Waals surface area contributed by atoms with E-state index in [2.05, 4.69) is 12.2 Å². The Morgan fingerprint density at radius 3 is 1.21 bits per heavy atom. The van der Waals surface area contributed by atoms with E-state index in [9.17, 15) is 4.57 Å². The Morgan fingerprint density at radius 1 is 0.488 bits per heavy atom. The summed E-state index contributed by atoms with van der Waals surface area (Å²) >= 11 is 0. The Labute approximate surface area is 269 Å². The van der Waals surface area contributed by atoms with Gasteiger partial charge in [0.2, 0.25) is 0 Å². The highest BCUT2D eigenvalue weighted by Gasteiger charge is 2.23. The molecule has 0 aliphatic carbocycles. The second-order valence-corrected chi connectivity index (χ2v) is 13.7. The molecule has 0 saturated heterocycles. The molecule has 0 aromatic carbocycles. The third-order valence-electron chi connectivity index (χ3n) is 8.66. The van der Waals surface area contributed by atoms with Gasteiger partial charge in [0.15, 0.2) is 0 Å². The van der Waals surface area contributed by atoms with Crippen molar-refractivity contribution in [2.75, 3.05) is 6.61 Å². The maximum Gasteiger partial charge on any atom is 0.751 e. The van der Waals surface area contributed by atoms with E-state index >= 15 is 0 Å². The van der Waals surface area contributed by atoms with E-state index in [4.69, 9.17) is 9.05 Å². The predicted molar refractivity (Wildman–Crippen MR) is 188 cm³/mol. The maximum absolute atomic E-state index is 11.9. The number of unbranched alkanes of at least 4 members (excludes halogenated alkanes) is 29. The zero-order chi connectivity index (χ0) is 30.7. The molecule has 1 aliphatic rings. The molecule has 1 rings (SSSR count). The van der Waals surface area contributed by atoms with Crippen LogP contribution in [-0.2, 0) is 13.6 Å². The van der Waals surface area contributed by atoms with Gasteiger partial charge in [-0.05, 0) is 12.5 Å². The van der Waals surface area contributed by atoms with E-state index in [-0.39, 0.29) is 0 Å². The predicted octanol–water partition coefficient (Wildman–Crippen LogP) is 13.9. The monoisotopic (exact) mass is 621 g/mol.